The van der Waals surface area contributed by atoms with Gasteiger partial charge in [-0.15, -0.1) is 0 Å². The lowest BCUT2D eigenvalue weighted by atomic mass is 9.76. The minimum atomic E-state index is 0.259. The Morgan fingerprint density at radius 1 is 0.450 bits per heavy atom. The van der Waals surface area contributed by atoms with Crippen molar-refractivity contribution in [2.75, 3.05) is 0 Å². The topological polar surface area (TPSA) is 52.0 Å². The van der Waals surface area contributed by atoms with Gasteiger partial charge in [-0.2, -0.15) is 0 Å². The van der Waals surface area contributed by atoms with Gasteiger partial charge in [-0.1, -0.05) is 170 Å². The van der Waals surface area contributed by atoms with Crippen LogP contribution in [0.3, 0.4) is 0 Å². The van der Waals surface area contributed by atoms with Gasteiger partial charge in [0.1, 0.15) is 0 Å². The van der Waals surface area contributed by atoms with Crippen LogP contribution >= 0.6 is 0 Å². The molecule has 0 aliphatic carbocycles. The predicted octanol–water partition coefficient (Wildman–Crippen LogP) is 11.2. The van der Waals surface area contributed by atoms with Crippen LogP contribution in [-0.4, -0.2) is 12.1 Å². The summed E-state index contributed by atoms with van der Waals surface area (Å²) >= 11 is 0. The molecule has 0 radical (unpaired) electrons. The smallest absolute Gasteiger partial charge is 0.00618 e. The highest BCUT2D eigenvalue weighted by atomic mass is 14.6. The van der Waals surface area contributed by atoms with E-state index in [0.717, 1.165) is 0 Å². The second kappa shape index (κ2) is 20.1. The van der Waals surface area contributed by atoms with Gasteiger partial charge in [0, 0.05) is 12.1 Å². The van der Waals surface area contributed by atoms with Crippen molar-refractivity contribution in [3.05, 3.63) is 35.4 Å². The van der Waals surface area contributed by atoms with Crippen LogP contribution in [0.1, 0.15) is 182 Å². The number of unbranched alkanes of at least 4 members (excludes halogenated alkanes) is 12. The zero-order valence-corrected chi connectivity index (χ0v) is 28.5. The summed E-state index contributed by atoms with van der Waals surface area (Å²) in [4.78, 5) is 0. The molecule has 40 heavy (non-hydrogen) atoms. The maximum absolute atomic E-state index is 6.17. The summed E-state index contributed by atoms with van der Waals surface area (Å²) in [5.41, 5.74) is 15.9. The molecule has 0 aliphatic heterocycles. The minimum absolute atomic E-state index is 0.259. The van der Waals surface area contributed by atoms with Gasteiger partial charge in [0.2, 0.25) is 0 Å². The van der Waals surface area contributed by atoms with Gasteiger partial charge in [-0.3, -0.25) is 0 Å². The summed E-state index contributed by atoms with van der Waals surface area (Å²) in [7, 11) is 0. The Bertz CT molecular complexity index is 667. The SMILES string of the molecule is CC(C)C(N)CCCCCCCCCC(C)(C)c1ccc(C(C)(C)CCCCCCCCCC(N)C(C)C)cc1. The van der Waals surface area contributed by atoms with Crippen molar-refractivity contribution >= 4 is 0 Å². The minimum Gasteiger partial charge on any atom is -0.327 e. The molecule has 0 aliphatic rings. The molecule has 2 nitrogen and oxygen atoms in total. The maximum Gasteiger partial charge on any atom is 0.00618 e. The highest BCUT2D eigenvalue weighted by Crippen LogP contribution is 2.34. The quantitative estimate of drug-likeness (QED) is 0.124. The zero-order valence-electron chi connectivity index (χ0n) is 28.5. The van der Waals surface area contributed by atoms with Crippen molar-refractivity contribution in [2.45, 2.75) is 194 Å². The molecule has 0 saturated carbocycles. The van der Waals surface area contributed by atoms with Crippen molar-refractivity contribution in [1.29, 1.82) is 0 Å². The molecule has 2 atom stereocenters. The number of benzene rings is 1. The summed E-state index contributed by atoms with van der Waals surface area (Å²) in [5, 5.41) is 0. The van der Waals surface area contributed by atoms with Crippen LogP contribution in [0.25, 0.3) is 0 Å². The van der Waals surface area contributed by atoms with Crippen LogP contribution < -0.4 is 11.5 Å². The molecule has 2 unspecified atom stereocenters. The van der Waals surface area contributed by atoms with Gasteiger partial charge in [0.05, 0.1) is 0 Å². The zero-order chi connectivity index (χ0) is 30.0. The molecule has 0 spiro atoms. The first-order chi connectivity index (χ1) is 18.9. The summed E-state index contributed by atoms with van der Waals surface area (Å²) in [6, 6.07) is 10.5. The van der Waals surface area contributed by atoms with Gasteiger partial charge in [-0.25, -0.2) is 0 Å². The molecule has 0 aromatic heterocycles. The predicted molar refractivity (Wildman–Crippen MR) is 181 cm³/mol. The van der Waals surface area contributed by atoms with Crippen LogP contribution in [0.4, 0.5) is 0 Å². The van der Waals surface area contributed by atoms with Crippen molar-refractivity contribution < 1.29 is 0 Å². The van der Waals surface area contributed by atoms with Crippen LogP contribution in [0.5, 0.6) is 0 Å². The molecule has 0 fully saturated rings. The second-order valence-electron chi connectivity index (χ2n) is 15.2. The standard InChI is InChI=1S/C38H72N2/c1-31(2)35(39)23-19-15-11-9-13-17-21-29-37(5,6)33-25-27-34(28-26-33)38(7,8)30-22-18-14-10-12-16-20-24-36(40)32(3)4/h25-28,31-32,35-36H,9-24,29-30,39-40H2,1-8H3. The van der Waals surface area contributed by atoms with Crippen LogP contribution in [0.15, 0.2) is 24.3 Å². The van der Waals surface area contributed by atoms with E-state index in [9.17, 15) is 0 Å². The normalized spacial score (nSPS) is 14.3. The molecule has 1 aromatic rings. The Kier molecular flexibility index (Phi) is 18.7. The lowest BCUT2D eigenvalue weighted by molar-refractivity contribution is 0.426. The Morgan fingerprint density at radius 3 is 0.975 bits per heavy atom. The Labute approximate surface area is 252 Å². The average Bonchev–Trinajstić information content (AvgIpc) is 2.90. The first-order valence-electron chi connectivity index (χ1n) is 17.5. The molecule has 0 heterocycles. The fraction of sp³-hybridized carbons (Fsp3) is 0.842. The van der Waals surface area contributed by atoms with Crippen molar-refractivity contribution in [3.8, 4) is 0 Å². The van der Waals surface area contributed by atoms with E-state index >= 15 is 0 Å². The number of hydrogen-bond acceptors (Lipinski definition) is 2. The first-order valence-corrected chi connectivity index (χ1v) is 17.5. The average molecular weight is 557 g/mol. The lowest BCUT2D eigenvalue weighted by Crippen LogP contribution is -2.25. The maximum atomic E-state index is 6.17. The number of rotatable bonds is 24. The molecule has 2 heteroatoms. The van der Waals surface area contributed by atoms with E-state index in [1.165, 1.54) is 127 Å². The third-order valence-electron chi connectivity index (χ3n) is 9.84. The summed E-state index contributed by atoms with van der Waals surface area (Å²) in [6.45, 7) is 18.7. The van der Waals surface area contributed by atoms with Crippen molar-refractivity contribution in [2.24, 2.45) is 23.3 Å². The molecule has 0 bridgehead atoms. The van der Waals surface area contributed by atoms with E-state index in [1.807, 2.05) is 0 Å². The Balaban J connectivity index is 2.23. The van der Waals surface area contributed by atoms with E-state index in [1.54, 1.807) is 0 Å². The monoisotopic (exact) mass is 557 g/mol. The van der Waals surface area contributed by atoms with Gasteiger partial charge in [0.25, 0.3) is 0 Å². The van der Waals surface area contributed by atoms with E-state index < -0.39 is 0 Å². The highest BCUT2D eigenvalue weighted by Gasteiger charge is 2.23. The molecule has 1 rings (SSSR count). The molecule has 0 saturated heterocycles. The summed E-state index contributed by atoms with van der Waals surface area (Å²) in [5.74, 6) is 1.23. The van der Waals surface area contributed by atoms with E-state index in [-0.39, 0.29) is 10.8 Å². The molecule has 0 amide bonds. The van der Waals surface area contributed by atoms with E-state index in [4.69, 9.17) is 11.5 Å². The Morgan fingerprint density at radius 2 is 0.700 bits per heavy atom. The van der Waals surface area contributed by atoms with Gasteiger partial charge in [-0.05, 0) is 59.5 Å². The molecular weight excluding hydrogens is 484 g/mol. The third kappa shape index (κ3) is 16.0. The third-order valence-corrected chi connectivity index (χ3v) is 9.84. The van der Waals surface area contributed by atoms with Gasteiger partial charge >= 0.3 is 0 Å². The molecule has 4 N–H and O–H groups in total. The van der Waals surface area contributed by atoms with Gasteiger partial charge in [0.15, 0.2) is 0 Å². The molecule has 234 valence electrons. The Hall–Kier alpha value is -0.860. The van der Waals surface area contributed by atoms with Crippen molar-refractivity contribution in [1.82, 2.24) is 0 Å². The van der Waals surface area contributed by atoms with Crippen LogP contribution in [0, 0.1) is 11.8 Å². The van der Waals surface area contributed by atoms with E-state index in [0.29, 0.717) is 23.9 Å². The number of nitrogens with two attached hydrogens (primary N) is 2. The fourth-order valence-corrected chi connectivity index (χ4v) is 5.99. The molecule has 1 aromatic carbocycles. The van der Waals surface area contributed by atoms with Crippen LogP contribution in [0.2, 0.25) is 0 Å². The highest BCUT2D eigenvalue weighted by molar-refractivity contribution is 5.31. The first kappa shape index (κ1) is 37.2. The summed E-state index contributed by atoms with van der Waals surface area (Å²) in [6.07, 6.45) is 23.9. The number of hydrogen-bond donors (Lipinski definition) is 2. The second-order valence-corrected chi connectivity index (χ2v) is 15.2. The van der Waals surface area contributed by atoms with Crippen LogP contribution in [-0.2, 0) is 10.8 Å². The van der Waals surface area contributed by atoms with Crippen molar-refractivity contribution in [3.63, 3.8) is 0 Å². The summed E-state index contributed by atoms with van der Waals surface area (Å²) < 4.78 is 0. The fourth-order valence-electron chi connectivity index (χ4n) is 5.99. The largest absolute Gasteiger partial charge is 0.327 e. The van der Waals surface area contributed by atoms with Gasteiger partial charge < -0.3 is 11.5 Å². The van der Waals surface area contributed by atoms with E-state index in [2.05, 4.69) is 79.7 Å². The molecular formula is C38H72N2. The lowest BCUT2D eigenvalue weighted by Gasteiger charge is -2.29.